The van der Waals surface area contributed by atoms with Crippen molar-refractivity contribution in [3.8, 4) is 0 Å². The molecule has 1 aromatic heterocycles. The second kappa shape index (κ2) is 5.07. The molecule has 0 radical (unpaired) electrons. The maximum Gasteiger partial charge on any atom is 0.328 e. The van der Waals surface area contributed by atoms with Gasteiger partial charge in [0, 0.05) is 18.2 Å². The summed E-state index contributed by atoms with van der Waals surface area (Å²) in [5, 5.41) is 9.74. The van der Waals surface area contributed by atoms with Crippen molar-refractivity contribution in [2.45, 2.75) is 51.5 Å². The van der Waals surface area contributed by atoms with Gasteiger partial charge in [0.2, 0.25) is 0 Å². The molecule has 0 aromatic carbocycles. The van der Waals surface area contributed by atoms with Gasteiger partial charge in [0.25, 0.3) is 5.56 Å². The molecule has 0 saturated carbocycles. The van der Waals surface area contributed by atoms with E-state index < -0.39 is 11.8 Å². The lowest BCUT2D eigenvalue weighted by Crippen LogP contribution is -2.33. The highest BCUT2D eigenvalue weighted by Crippen LogP contribution is 2.23. The highest BCUT2D eigenvalue weighted by Gasteiger charge is 2.32. The van der Waals surface area contributed by atoms with Gasteiger partial charge in [0.05, 0.1) is 24.9 Å². The van der Waals surface area contributed by atoms with E-state index in [2.05, 4.69) is 4.98 Å². The third-order valence-corrected chi connectivity index (χ3v) is 3.29. The number of hydrogen-bond acceptors (Lipinski definition) is 4. The third kappa shape index (κ3) is 2.54. The van der Waals surface area contributed by atoms with E-state index in [1.807, 2.05) is 6.92 Å². The van der Waals surface area contributed by atoms with E-state index in [1.54, 1.807) is 6.92 Å². The molecule has 2 heterocycles. The first-order chi connectivity index (χ1) is 8.51. The maximum atomic E-state index is 11.6. The third-order valence-electron chi connectivity index (χ3n) is 3.29. The van der Waals surface area contributed by atoms with E-state index in [0.29, 0.717) is 18.5 Å². The fourth-order valence-corrected chi connectivity index (χ4v) is 2.27. The summed E-state index contributed by atoms with van der Waals surface area (Å²) >= 11 is 0. The molecule has 0 amide bonds. The Morgan fingerprint density at radius 2 is 2.28 bits per heavy atom. The summed E-state index contributed by atoms with van der Waals surface area (Å²) in [6, 6.07) is 0. The number of aromatic amines is 1. The number of H-pyrrole nitrogens is 1. The number of aliphatic hydroxyl groups is 1. The molecule has 6 nitrogen and oxygen atoms in total. The summed E-state index contributed by atoms with van der Waals surface area (Å²) < 4.78 is 7.07. The summed E-state index contributed by atoms with van der Waals surface area (Å²) in [5.41, 5.74) is -0.320. The van der Waals surface area contributed by atoms with Gasteiger partial charge >= 0.3 is 5.69 Å². The molecule has 0 spiro atoms. The zero-order valence-corrected chi connectivity index (χ0v) is 10.5. The lowest BCUT2D eigenvalue weighted by atomic mass is 10.1. The minimum atomic E-state index is -0.473. The number of aliphatic hydroxyl groups excluding tert-OH is 1. The van der Waals surface area contributed by atoms with Crippen molar-refractivity contribution in [3.05, 3.63) is 32.6 Å². The van der Waals surface area contributed by atoms with Crippen LogP contribution in [-0.4, -0.2) is 33.0 Å². The van der Waals surface area contributed by atoms with E-state index in [-0.39, 0.29) is 17.8 Å². The predicted octanol–water partition coefficient (Wildman–Crippen LogP) is -0.227. The standard InChI is InChI=1S/C12H18N2O4/c1-3-10-9(15)4-8(18-10)6-14-5-7(2)11(16)13-12(14)17/h5,8-10,15H,3-4,6H2,1-2H3,(H,13,16,17)/t8-,9?,10-/m0/s1. The van der Waals surface area contributed by atoms with Crippen LogP contribution in [0.2, 0.25) is 0 Å². The number of hydrogen-bond donors (Lipinski definition) is 2. The van der Waals surface area contributed by atoms with Crippen LogP contribution in [0.15, 0.2) is 15.8 Å². The molecule has 1 saturated heterocycles. The first-order valence-corrected chi connectivity index (χ1v) is 6.15. The summed E-state index contributed by atoms with van der Waals surface area (Å²) in [6.45, 7) is 3.95. The second-order valence-corrected chi connectivity index (χ2v) is 4.73. The Bertz CT molecular complexity index is 534. The van der Waals surface area contributed by atoms with Crippen LogP contribution in [0.4, 0.5) is 0 Å². The van der Waals surface area contributed by atoms with Gasteiger partial charge in [-0.05, 0) is 13.3 Å². The van der Waals surface area contributed by atoms with Crippen LogP contribution in [-0.2, 0) is 11.3 Å². The molecule has 1 unspecified atom stereocenters. The second-order valence-electron chi connectivity index (χ2n) is 4.73. The first kappa shape index (κ1) is 13.0. The summed E-state index contributed by atoms with van der Waals surface area (Å²) in [4.78, 5) is 25.1. The average molecular weight is 254 g/mol. The van der Waals surface area contributed by atoms with Crippen molar-refractivity contribution >= 4 is 0 Å². The Labute approximate surface area is 104 Å². The Hall–Kier alpha value is -1.40. The van der Waals surface area contributed by atoms with E-state index in [4.69, 9.17) is 4.74 Å². The number of ether oxygens (including phenoxy) is 1. The van der Waals surface area contributed by atoms with Crippen LogP contribution in [0, 0.1) is 6.92 Å². The first-order valence-electron chi connectivity index (χ1n) is 6.15. The Balaban J connectivity index is 2.14. The Morgan fingerprint density at radius 3 is 2.89 bits per heavy atom. The van der Waals surface area contributed by atoms with E-state index in [0.717, 1.165) is 6.42 Å². The number of aryl methyl sites for hydroxylation is 1. The van der Waals surface area contributed by atoms with Gasteiger partial charge in [0.15, 0.2) is 0 Å². The van der Waals surface area contributed by atoms with Crippen molar-refractivity contribution < 1.29 is 9.84 Å². The maximum absolute atomic E-state index is 11.6. The lowest BCUT2D eigenvalue weighted by molar-refractivity contribution is 0.00272. The minimum Gasteiger partial charge on any atom is -0.390 e. The SMILES string of the molecule is CC[C@@H]1O[C@H](Cn2cc(C)c(=O)[nH]c2=O)CC1O. The molecule has 1 aromatic rings. The molecule has 2 N–H and O–H groups in total. The molecule has 18 heavy (non-hydrogen) atoms. The van der Waals surface area contributed by atoms with Gasteiger partial charge in [-0.1, -0.05) is 6.92 Å². The largest absolute Gasteiger partial charge is 0.390 e. The number of nitrogens with one attached hydrogen (secondary N) is 1. The van der Waals surface area contributed by atoms with Crippen molar-refractivity contribution in [2.75, 3.05) is 0 Å². The molecule has 0 aliphatic carbocycles. The van der Waals surface area contributed by atoms with Crippen LogP contribution in [0.3, 0.4) is 0 Å². The van der Waals surface area contributed by atoms with Crippen molar-refractivity contribution in [1.29, 1.82) is 0 Å². The molecule has 2 rings (SSSR count). The molecular weight excluding hydrogens is 236 g/mol. The fraction of sp³-hybridized carbons (Fsp3) is 0.667. The molecule has 3 atom stereocenters. The smallest absolute Gasteiger partial charge is 0.328 e. The highest BCUT2D eigenvalue weighted by atomic mass is 16.5. The van der Waals surface area contributed by atoms with Crippen molar-refractivity contribution in [3.63, 3.8) is 0 Å². The summed E-state index contributed by atoms with van der Waals surface area (Å²) in [6.07, 6.45) is 1.97. The van der Waals surface area contributed by atoms with Gasteiger partial charge < -0.3 is 9.84 Å². The highest BCUT2D eigenvalue weighted by molar-refractivity contribution is 5.01. The average Bonchev–Trinajstić information content (AvgIpc) is 2.66. The topological polar surface area (TPSA) is 84.3 Å². The molecule has 1 aliphatic rings. The number of nitrogens with zero attached hydrogens (tertiary/aromatic N) is 1. The molecule has 1 fully saturated rings. The van der Waals surface area contributed by atoms with E-state index in [1.165, 1.54) is 10.8 Å². The summed E-state index contributed by atoms with van der Waals surface area (Å²) in [5.74, 6) is 0. The quantitative estimate of drug-likeness (QED) is 0.780. The Morgan fingerprint density at radius 1 is 1.56 bits per heavy atom. The number of aromatic nitrogens is 2. The van der Waals surface area contributed by atoms with Crippen LogP contribution >= 0.6 is 0 Å². The van der Waals surface area contributed by atoms with Crippen LogP contribution in [0.25, 0.3) is 0 Å². The van der Waals surface area contributed by atoms with Gasteiger partial charge in [-0.2, -0.15) is 0 Å². The van der Waals surface area contributed by atoms with E-state index >= 15 is 0 Å². The Kier molecular flexibility index (Phi) is 3.68. The van der Waals surface area contributed by atoms with Crippen LogP contribution in [0.5, 0.6) is 0 Å². The van der Waals surface area contributed by atoms with Gasteiger partial charge in [-0.3, -0.25) is 14.3 Å². The van der Waals surface area contributed by atoms with Gasteiger partial charge in [0.1, 0.15) is 0 Å². The normalized spacial score (nSPS) is 27.6. The van der Waals surface area contributed by atoms with Crippen LogP contribution in [0.1, 0.15) is 25.3 Å². The fourth-order valence-electron chi connectivity index (χ4n) is 2.27. The summed E-state index contributed by atoms with van der Waals surface area (Å²) in [7, 11) is 0. The van der Waals surface area contributed by atoms with Gasteiger partial charge in [-0.25, -0.2) is 4.79 Å². The molecule has 6 heteroatoms. The number of rotatable bonds is 3. The van der Waals surface area contributed by atoms with Crippen molar-refractivity contribution in [2.24, 2.45) is 0 Å². The lowest BCUT2D eigenvalue weighted by Gasteiger charge is -2.13. The van der Waals surface area contributed by atoms with Crippen molar-refractivity contribution in [1.82, 2.24) is 9.55 Å². The molecule has 100 valence electrons. The van der Waals surface area contributed by atoms with E-state index in [9.17, 15) is 14.7 Å². The monoisotopic (exact) mass is 254 g/mol. The molecule has 0 bridgehead atoms. The predicted molar refractivity (Wildman–Crippen MR) is 65.6 cm³/mol. The van der Waals surface area contributed by atoms with Gasteiger partial charge in [-0.15, -0.1) is 0 Å². The molecular formula is C12H18N2O4. The minimum absolute atomic E-state index is 0.158. The van der Waals surface area contributed by atoms with Crippen LogP contribution < -0.4 is 11.2 Å². The zero-order chi connectivity index (χ0) is 13.3. The zero-order valence-electron chi connectivity index (χ0n) is 10.5. The molecule has 1 aliphatic heterocycles.